The molecule has 21 heavy (non-hydrogen) atoms. The largest absolute Gasteiger partial charge is 0.500 e. The molecule has 0 unspecified atom stereocenters. The lowest BCUT2D eigenvalue weighted by Crippen LogP contribution is -2.13. The predicted octanol–water partition coefficient (Wildman–Crippen LogP) is 0.815. The topological polar surface area (TPSA) is 163 Å². The first-order valence-electron chi connectivity index (χ1n) is 5.93. The maximum Gasteiger partial charge on any atom is 0.318 e. The molecule has 0 saturated carbocycles. The zero-order chi connectivity index (χ0) is 16.2. The second-order valence-electron chi connectivity index (χ2n) is 4.25. The van der Waals surface area contributed by atoms with Crippen molar-refractivity contribution < 1.29 is 24.6 Å². The molecule has 0 saturated heterocycles. The van der Waals surface area contributed by atoms with Crippen molar-refractivity contribution in [3.63, 3.8) is 0 Å². The van der Waals surface area contributed by atoms with E-state index in [1.54, 1.807) is 0 Å². The number of hydrogen-bond donors (Lipinski definition) is 5. The van der Waals surface area contributed by atoms with E-state index in [1.165, 1.54) is 7.11 Å². The van der Waals surface area contributed by atoms with Crippen LogP contribution in [0.5, 0.6) is 11.5 Å². The van der Waals surface area contributed by atoms with Crippen LogP contribution >= 0.6 is 7.72 Å². The molecule has 0 radical (unpaired) electrons. The minimum Gasteiger partial charge on any atom is -0.500 e. The number of aromatic hydroxyl groups is 1. The summed E-state index contributed by atoms with van der Waals surface area (Å²) in [5.41, 5.74) is 3.99. The maximum atomic E-state index is 10.9. The van der Waals surface area contributed by atoms with Gasteiger partial charge >= 0.3 is 13.4 Å². The minimum atomic E-state index is -3.72. The Labute approximate surface area is 121 Å². The van der Waals surface area contributed by atoms with Gasteiger partial charge in [0.25, 0.3) is 0 Å². The SMILES string of the molecule is COc1cc(C(=N)[P+](O)(O)CCCN)cc([N+](=O)[O-])c1O. The molecule has 6 N–H and O–H groups in total. The summed E-state index contributed by atoms with van der Waals surface area (Å²) >= 11 is 0. The zero-order valence-electron chi connectivity index (χ0n) is 11.3. The first-order chi connectivity index (χ1) is 9.74. The second kappa shape index (κ2) is 6.77. The van der Waals surface area contributed by atoms with Gasteiger partial charge in [-0.2, -0.15) is 0 Å². The van der Waals surface area contributed by atoms with Crippen LogP contribution in [0, 0.1) is 15.5 Å². The Kier molecular flexibility index (Phi) is 5.56. The fraction of sp³-hybridized carbons (Fsp3) is 0.364. The molecule has 9 nitrogen and oxygen atoms in total. The Hall–Kier alpha value is -1.80. The summed E-state index contributed by atoms with van der Waals surface area (Å²) in [4.78, 5) is 29.9. The number of phenols is 1. The molecule has 0 amide bonds. The van der Waals surface area contributed by atoms with Crippen molar-refractivity contribution >= 4 is 18.9 Å². The smallest absolute Gasteiger partial charge is 0.318 e. The monoisotopic (exact) mass is 318 g/mol. The third kappa shape index (κ3) is 3.85. The van der Waals surface area contributed by atoms with Gasteiger partial charge in [-0.05, 0) is 19.0 Å². The number of methoxy groups -OCH3 is 1. The van der Waals surface area contributed by atoms with E-state index in [0.717, 1.165) is 12.1 Å². The Balaban J connectivity index is 3.27. The van der Waals surface area contributed by atoms with E-state index in [9.17, 15) is 25.0 Å². The summed E-state index contributed by atoms with van der Waals surface area (Å²) < 4.78 is 4.80. The highest BCUT2D eigenvalue weighted by Gasteiger charge is 2.41. The normalized spacial score (nSPS) is 11.2. The van der Waals surface area contributed by atoms with Crippen LogP contribution in [-0.4, -0.2) is 45.1 Å². The lowest BCUT2D eigenvalue weighted by molar-refractivity contribution is -0.386. The molecule has 0 aliphatic rings. The van der Waals surface area contributed by atoms with Gasteiger partial charge in [-0.25, -0.2) is 9.79 Å². The van der Waals surface area contributed by atoms with Crippen LogP contribution in [-0.2, 0) is 0 Å². The average Bonchev–Trinajstić information content (AvgIpc) is 2.44. The Morgan fingerprint density at radius 1 is 1.52 bits per heavy atom. The molecule has 0 heterocycles. The summed E-state index contributed by atoms with van der Waals surface area (Å²) in [5.74, 6) is -0.899. The average molecular weight is 318 g/mol. The Morgan fingerprint density at radius 2 is 2.14 bits per heavy atom. The molecule has 1 aromatic rings. The van der Waals surface area contributed by atoms with Crippen LogP contribution in [0.2, 0.25) is 0 Å². The first kappa shape index (κ1) is 17.3. The summed E-state index contributed by atoms with van der Waals surface area (Å²) in [6, 6.07) is 2.05. The van der Waals surface area contributed by atoms with Crippen LogP contribution in [0.15, 0.2) is 12.1 Å². The number of benzene rings is 1. The third-order valence-electron chi connectivity index (χ3n) is 2.78. The van der Waals surface area contributed by atoms with Gasteiger partial charge < -0.3 is 15.6 Å². The molecule has 0 fully saturated rings. The summed E-state index contributed by atoms with van der Waals surface area (Å²) in [6.45, 7) is 0.231. The molecular weight excluding hydrogens is 301 g/mol. The maximum absolute atomic E-state index is 10.9. The minimum absolute atomic E-state index is 0.0840. The number of nitrogens with two attached hydrogens (primary N) is 1. The van der Waals surface area contributed by atoms with Gasteiger partial charge in [0.2, 0.25) is 11.2 Å². The van der Waals surface area contributed by atoms with Crippen molar-refractivity contribution in [3.8, 4) is 11.5 Å². The van der Waals surface area contributed by atoms with E-state index >= 15 is 0 Å². The number of phenolic OH excluding ortho intramolecular Hbond substituents is 1. The van der Waals surface area contributed by atoms with Crippen LogP contribution in [0.25, 0.3) is 0 Å². The molecule has 1 aromatic carbocycles. The van der Waals surface area contributed by atoms with Gasteiger partial charge in [-0.1, -0.05) is 0 Å². The number of nitro groups is 1. The molecule has 0 atom stereocenters. The summed E-state index contributed by atoms with van der Waals surface area (Å²) in [6.07, 6.45) is 0.222. The highest BCUT2D eigenvalue weighted by Crippen LogP contribution is 2.54. The number of nitrogens with one attached hydrogen (secondary N) is 1. The molecule has 0 aliphatic carbocycles. The lowest BCUT2D eigenvalue weighted by atomic mass is 10.2. The van der Waals surface area contributed by atoms with Crippen molar-refractivity contribution in [2.75, 3.05) is 19.8 Å². The van der Waals surface area contributed by atoms with Crippen LogP contribution in [0.1, 0.15) is 12.0 Å². The summed E-state index contributed by atoms with van der Waals surface area (Å²) in [7, 11) is -2.53. The summed E-state index contributed by atoms with van der Waals surface area (Å²) in [5, 5.41) is 28.4. The molecule has 0 aliphatic heterocycles. The molecule has 10 heteroatoms. The highest BCUT2D eigenvalue weighted by molar-refractivity contribution is 7.82. The molecule has 0 bridgehead atoms. The van der Waals surface area contributed by atoms with E-state index in [0.29, 0.717) is 6.42 Å². The molecular formula is C11H17N3O6P+. The quantitative estimate of drug-likeness (QED) is 0.215. The van der Waals surface area contributed by atoms with Crippen molar-refractivity contribution in [1.29, 1.82) is 5.41 Å². The van der Waals surface area contributed by atoms with Gasteiger partial charge in [-0.15, -0.1) is 0 Å². The molecule has 1 rings (SSSR count). The van der Waals surface area contributed by atoms with Crippen molar-refractivity contribution in [2.24, 2.45) is 5.73 Å². The standard InChI is InChI=1S/C11H16N3O6P/c1-20-9-6-7(5-8(10(9)15)14(16)17)11(13)21(18,19)4-2-3-12/h5-6,18-19H,2-4,12H2,1H3,(H-,13,15)/p+1. The lowest BCUT2D eigenvalue weighted by Gasteiger charge is -2.13. The van der Waals surface area contributed by atoms with Gasteiger partial charge in [0.1, 0.15) is 6.16 Å². The van der Waals surface area contributed by atoms with Crippen LogP contribution < -0.4 is 10.5 Å². The van der Waals surface area contributed by atoms with Crippen molar-refractivity contribution in [2.45, 2.75) is 6.42 Å². The highest BCUT2D eigenvalue weighted by atomic mass is 31.2. The van der Waals surface area contributed by atoms with Gasteiger partial charge in [0.15, 0.2) is 5.75 Å². The van der Waals surface area contributed by atoms with Gasteiger partial charge in [0.05, 0.1) is 17.6 Å². The van der Waals surface area contributed by atoms with E-state index in [2.05, 4.69) is 0 Å². The number of ether oxygens (including phenoxy) is 1. The van der Waals surface area contributed by atoms with E-state index in [1.807, 2.05) is 0 Å². The van der Waals surface area contributed by atoms with E-state index < -0.39 is 29.5 Å². The van der Waals surface area contributed by atoms with E-state index in [4.69, 9.17) is 15.9 Å². The number of nitrogens with zero attached hydrogens (tertiary/aromatic N) is 1. The van der Waals surface area contributed by atoms with Crippen molar-refractivity contribution in [1.82, 2.24) is 0 Å². The predicted molar refractivity (Wildman–Crippen MR) is 78.0 cm³/mol. The Morgan fingerprint density at radius 3 is 2.62 bits per heavy atom. The number of rotatable bonds is 7. The number of nitro benzene ring substituents is 1. The third-order valence-corrected chi connectivity index (χ3v) is 4.69. The van der Waals surface area contributed by atoms with Crippen molar-refractivity contribution in [3.05, 3.63) is 27.8 Å². The van der Waals surface area contributed by atoms with Crippen LogP contribution in [0.3, 0.4) is 0 Å². The number of hydrogen-bond acceptors (Lipinski definition) is 8. The van der Waals surface area contributed by atoms with Gasteiger partial charge in [-0.3, -0.25) is 15.5 Å². The first-order valence-corrected chi connectivity index (χ1v) is 7.81. The van der Waals surface area contributed by atoms with Crippen LogP contribution in [0.4, 0.5) is 5.69 Å². The fourth-order valence-corrected chi connectivity index (χ4v) is 3.04. The Bertz CT molecular complexity index is 563. The van der Waals surface area contributed by atoms with E-state index in [-0.39, 0.29) is 24.0 Å². The molecule has 0 spiro atoms. The molecule has 116 valence electrons. The zero-order valence-corrected chi connectivity index (χ0v) is 12.2. The fourth-order valence-electron chi connectivity index (χ4n) is 1.65. The molecule has 0 aromatic heterocycles. The van der Waals surface area contributed by atoms with Gasteiger partial charge in [0, 0.05) is 6.07 Å². The second-order valence-corrected chi connectivity index (χ2v) is 6.60.